The van der Waals surface area contributed by atoms with Gasteiger partial charge in [0, 0.05) is 0 Å². The van der Waals surface area contributed by atoms with Crippen molar-refractivity contribution in [1.82, 2.24) is 0 Å². The fraction of sp³-hybridized carbons (Fsp3) is 0.300. The molecule has 0 nitrogen and oxygen atoms in total. The van der Waals surface area contributed by atoms with Crippen LogP contribution in [0.3, 0.4) is 0 Å². The first-order chi connectivity index (χ1) is 6.56. The van der Waals surface area contributed by atoms with Crippen LogP contribution in [0.1, 0.15) is 17.5 Å². The number of hydrogen-bond acceptors (Lipinski definition) is 0. The number of rotatable bonds is 2. The molecule has 0 amide bonds. The second-order valence-corrected chi connectivity index (χ2v) is 9.27. The van der Waals surface area contributed by atoms with Crippen LogP contribution >= 0.6 is 30.1 Å². The van der Waals surface area contributed by atoms with Gasteiger partial charge < -0.3 is 0 Å². The lowest BCUT2D eigenvalue weighted by molar-refractivity contribution is 0.998. The van der Waals surface area contributed by atoms with Gasteiger partial charge in [0.05, 0.1) is 0 Å². The normalized spacial score (nSPS) is 8.93. The Hall–Kier alpha value is 0.622. The zero-order valence-electron chi connectivity index (χ0n) is 8.14. The van der Waals surface area contributed by atoms with Crippen molar-refractivity contribution < 1.29 is 0 Å². The molecule has 1 aromatic carbocycles. The molecule has 0 spiro atoms. The molecule has 0 saturated heterocycles. The van der Waals surface area contributed by atoms with E-state index in [1.807, 2.05) is 0 Å². The number of halogens is 3. The van der Waals surface area contributed by atoms with Crippen LogP contribution in [0.25, 0.3) is 0 Å². The van der Waals surface area contributed by atoms with Crippen molar-refractivity contribution in [2.45, 2.75) is 19.8 Å². The molecule has 0 aliphatic heterocycles. The summed E-state index contributed by atoms with van der Waals surface area (Å²) in [5.74, 6) is 0. The molecule has 0 bridgehead atoms. The Morgan fingerprint density at radius 2 is 1.57 bits per heavy atom. The van der Waals surface area contributed by atoms with Crippen molar-refractivity contribution in [1.29, 1.82) is 0 Å². The second-order valence-electron chi connectivity index (χ2n) is 2.84. The highest BCUT2D eigenvalue weighted by molar-refractivity contribution is 7.54. The van der Waals surface area contributed by atoms with Gasteiger partial charge in [-0.1, -0.05) is 36.8 Å². The molecule has 0 saturated carbocycles. The number of hydrogen-bond donors (Lipinski definition) is 0. The average molecular weight is 267 g/mol. The standard InChI is InChI=1S/C10H13.Al.3ClH/c1-3-4-10-7-5-9(2)6-8-10;;;;/h5-8H,1,3-4H2,2H3;;3*1H/q;+3;;;/p-3. The van der Waals surface area contributed by atoms with Crippen molar-refractivity contribution in [3.8, 4) is 0 Å². The molecule has 77 valence electrons. The van der Waals surface area contributed by atoms with E-state index < -0.39 is 11.4 Å². The van der Waals surface area contributed by atoms with Gasteiger partial charge in [0.25, 0.3) is 0 Å². The largest absolute Gasteiger partial charge is 0.643 e. The van der Waals surface area contributed by atoms with E-state index in [9.17, 15) is 0 Å². The van der Waals surface area contributed by atoms with Gasteiger partial charge in [-0.15, -0.1) is 0 Å². The van der Waals surface area contributed by atoms with Gasteiger partial charge >= 0.3 is 11.4 Å². The van der Waals surface area contributed by atoms with Crippen LogP contribution in [0.2, 0.25) is 0 Å². The number of benzene rings is 1. The predicted molar refractivity (Wildman–Crippen MR) is 68.2 cm³/mol. The molecule has 0 aliphatic rings. The summed E-state index contributed by atoms with van der Waals surface area (Å²) in [7, 11) is 14.8. The summed E-state index contributed by atoms with van der Waals surface area (Å²) in [5, 5.41) is 0. The smallest absolute Gasteiger partial charge is 0.214 e. The van der Waals surface area contributed by atoms with Crippen LogP contribution in [0, 0.1) is 13.8 Å². The predicted octanol–water partition coefficient (Wildman–Crippen LogP) is 4.45. The van der Waals surface area contributed by atoms with Crippen LogP contribution in [-0.4, -0.2) is 11.4 Å². The first-order valence-corrected chi connectivity index (χ1v) is 9.57. The minimum atomic E-state index is -1.72. The highest BCUT2D eigenvalue weighted by atomic mass is 35.8. The third-order valence-electron chi connectivity index (χ3n) is 1.59. The van der Waals surface area contributed by atoms with E-state index in [4.69, 9.17) is 30.1 Å². The topological polar surface area (TPSA) is 0 Å². The Morgan fingerprint density at radius 1 is 1.14 bits per heavy atom. The van der Waals surface area contributed by atoms with Crippen LogP contribution in [0.15, 0.2) is 24.3 Å². The van der Waals surface area contributed by atoms with Crippen molar-refractivity contribution in [2.24, 2.45) is 0 Å². The summed E-state index contributed by atoms with van der Waals surface area (Å²) >= 11 is -1.72. The third kappa shape index (κ3) is 9.19. The summed E-state index contributed by atoms with van der Waals surface area (Å²) < 4.78 is 0. The zero-order chi connectivity index (χ0) is 11.0. The van der Waals surface area contributed by atoms with Gasteiger partial charge in [-0.05, 0) is 25.3 Å². The minimum Gasteiger partial charge on any atom is -0.214 e. The zero-order valence-corrected chi connectivity index (χ0v) is 11.6. The van der Waals surface area contributed by atoms with Crippen molar-refractivity contribution in [3.63, 3.8) is 0 Å². The van der Waals surface area contributed by atoms with E-state index in [-0.39, 0.29) is 0 Å². The van der Waals surface area contributed by atoms with Gasteiger partial charge in [0.15, 0.2) is 0 Å². The molecule has 1 radical (unpaired) electrons. The minimum absolute atomic E-state index is 0.989. The maximum Gasteiger partial charge on any atom is 0.643 e. The molecular formula is C10H13AlCl3. The molecule has 0 fully saturated rings. The SMILES string of the molecule is [CH2]CCc1ccc(C)cc1.[Cl][Al]([Cl])[Cl]. The first-order valence-electron chi connectivity index (χ1n) is 4.33. The van der Waals surface area contributed by atoms with Crippen LogP contribution in [0.5, 0.6) is 0 Å². The molecule has 0 heterocycles. The fourth-order valence-corrected chi connectivity index (χ4v) is 0.959. The molecule has 4 heteroatoms. The van der Waals surface area contributed by atoms with E-state index in [1.54, 1.807) is 0 Å². The Morgan fingerprint density at radius 3 is 1.93 bits per heavy atom. The quantitative estimate of drug-likeness (QED) is 0.694. The molecular weight excluding hydrogens is 253 g/mol. The monoisotopic (exact) mass is 265 g/mol. The Balaban J connectivity index is 0.000000364. The highest BCUT2D eigenvalue weighted by Gasteiger charge is 2.00. The summed E-state index contributed by atoms with van der Waals surface area (Å²) in [6.07, 6.45) is 2.09. The molecule has 1 rings (SSSR count). The molecule has 0 unspecified atom stereocenters. The molecule has 0 N–H and O–H groups in total. The van der Waals surface area contributed by atoms with Gasteiger partial charge in [0.1, 0.15) is 0 Å². The van der Waals surface area contributed by atoms with E-state index >= 15 is 0 Å². The Kier molecular flexibility index (Phi) is 9.29. The van der Waals surface area contributed by atoms with E-state index in [2.05, 4.69) is 38.1 Å². The lowest BCUT2D eigenvalue weighted by Gasteiger charge is -1.97. The number of aryl methyl sites for hydroxylation is 2. The fourth-order valence-electron chi connectivity index (χ4n) is 0.959. The van der Waals surface area contributed by atoms with Crippen LogP contribution < -0.4 is 0 Å². The lowest BCUT2D eigenvalue weighted by Crippen LogP contribution is -1.81. The summed E-state index contributed by atoms with van der Waals surface area (Å²) in [6.45, 7) is 5.91. The van der Waals surface area contributed by atoms with Crippen LogP contribution in [-0.2, 0) is 6.42 Å². The van der Waals surface area contributed by atoms with E-state index in [1.165, 1.54) is 11.1 Å². The summed E-state index contributed by atoms with van der Waals surface area (Å²) in [5.41, 5.74) is 2.72. The molecule has 0 aromatic heterocycles. The average Bonchev–Trinajstić information content (AvgIpc) is 2.08. The van der Waals surface area contributed by atoms with Crippen molar-refractivity contribution >= 4 is 41.5 Å². The summed E-state index contributed by atoms with van der Waals surface area (Å²) in [6, 6.07) is 8.62. The summed E-state index contributed by atoms with van der Waals surface area (Å²) in [4.78, 5) is 0. The van der Waals surface area contributed by atoms with Gasteiger partial charge in [-0.25, -0.2) is 30.1 Å². The third-order valence-corrected chi connectivity index (χ3v) is 1.59. The Labute approximate surface area is 103 Å². The second kappa shape index (κ2) is 8.89. The molecule has 14 heavy (non-hydrogen) atoms. The van der Waals surface area contributed by atoms with Crippen LogP contribution in [0.4, 0.5) is 0 Å². The molecule has 0 atom stereocenters. The van der Waals surface area contributed by atoms with Gasteiger partial charge in [0.2, 0.25) is 0 Å². The van der Waals surface area contributed by atoms with Gasteiger partial charge in [-0.2, -0.15) is 0 Å². The lowest BCUT2D eigenvalue weighted by atomic mass is 10.1. The van der Waals surface area contributed by atoms with E-state index in [0.29, 0.717) is 0 Å². The Bertz CT molecular complexity index is 231. The van der Waals surface area contributed by atoms with Crippen molar-refractivity contribution in [2.75, 3.05) is 0 Å². The first kappa shape index (κ1) is 14.6. The maximum absolute atomic E-state index is 4.94. The molecule has 1 aromatic rings. The van der Waals surface area contributed by atoms with Crippen molar-refractivity contribution in [3.05, 3.63) is 42.3 Å². The van der Waals surface area contributed by atoms with E-state index in [0.717, 1.165) is 12.8 Å². The maximum atomic E-state index is 4.94. The van der Waals surface area contributed by atoms with Gasteiger partial charge in [-0.3, -0.25) is 0 Å². The molecule has 0 aliphatic carbocycles. The highest BCUT2D eigenvalue weighted by Crippen LogP contribution is 2.04.